The molecule has 0 aliphatic carbocycles. The average molecular weight is 459 g/mol. The third-order valence-electron chi connectivity index (χ3n) is 6.69. The first-order valence-corrected chi connectivity index (χ1v) is 12.4. The highest BCUT2D eigenvalue weighted by Crippen LogP contribution is 2.45. The number of benzene rings is 3. The van der Waals surface area contributed by atoms with Crippen LogP contribution in [0.1, 0.15) is 61.8 Å². The largest absolute Gasteiger partial charge is 0.493 e. The van der Waals surface area contributed by atoms with Gasteiger partial charge in [0.1, 0.15) is 35.2 Å². The van der Waals surface area contributed by atoms with Crippen LogP contribution >= 0.6 is 0 Å². The fourth-order valence-corrected chi connectivity index (χ4v) is 4.84. The van der Waals surface area contributed by atoms with E-state index in [1.54, 1.807) is 0 Å². The molecule has 1 atom stereocenters. The smallest absolute Gasteiger partial charge is 0.129 e. The highest BCUT2D eigenvalue weighted by Gasteiger charge is 2.32. The number of fused-ring (bicyclic) bond motifs is 3. The topological polar surface area (TPSA) is 36.9 Å². The van der Waals surface area contributed by atoms with Gasteiger partial charge in [0, 0.05) is 23.1 Å². The van der Waals surface area contributed by atoms with Crippen LogP contribution in [0.5, 0.6) is 23.0 Å². The molecule has 3 aromatic carbocycles. The van der Waals surface area contributed by atoms with E-state index < -0.39 is 0 Å². The van der Waals surface area contributed by atoms with Gasteiger partial charge in [-0.25, -0.2) is 0 Å². The standard InChI is InChI=1S/C30H34O4/c1-4-16-31-24-11-12-25(28(18-24)32-19-21-8-6-5-7-9-21)23-17-22-10-13-27-26(29(22)33-20-23)14-15-30(2,3)34-27/h5-13,18,23H,4,14-17,19-20H2,1-3H3/t23-/m1/s1. The third kappa shape index (κ3) is 4.86. The highest BCUT2D eigenvalue weighted by atomic mass is 16.5. The Kier molecular flexibility index (Phi) is 6.40. The molecule has 2 aliphatic heterocycles. The zero-order valence-corrected chi connectivity index (χ0v) is 20.4. The van der Waals surface area contributed by atoms with E-state index in [0.717, 1.165) is 54.2 Å². The van der Waals surface area contributed by atoms with Crippen LogP contribution in [0.4, 0.5) is 0 Å². The van der Waals surface area contributed by atoms with Crippen molar-refractivity contribution >= 4 is 0 Å². The third-order valence-corrected chi connectivity index (χ3v) is 6.69. The predicted molar refractivity (Wildman–Crippen MR) is 134 cm³/mol. The minimum Gasteiger partial charge on any atom is -0.493 e. The maximum atomic E-state index is 6.40. The molecule has 0 radical (unpaired) electrons. The Bertz CT molecular complexity index is 1140. The lowest BCUT2D eigenvalue weighted by Gasteiger charge is -2.36. The highest BCUT2D eigenvalue weighted by molar-refractivity contribution is 5.54. The molecule has 0 bridgehead atoms. The second-order valence-corrected chi connectivity index (χ2v) is 9.93. The van der Waals surface area contributed by atoms with E-state index in [9.17, 15) is 0 Å². The van der Waals surface area contributed by atoms with E-state index in [0.29, 0.717) is 19.8 Å². The molecule has 0 unspecified atom stereocenters. The van der Waals surface area contributed by atoms with Crippen molar-refractivity contribution in [2.75, 3.05) is 13.2 Å². The van der Waals surface area contributed by atoms with Crippen LogP contribution in [0.15, 0.2) is 60.7 Å². The zero-order chi connectivity index (χ0) is 23.5. The van der Waals surface area contributed by atoms with Gasteiger partial charge in [0.15, 0.2) is 0 Å². The predicted octanol–water partition coefficient (Wildman–Crippen LogP) is 6.88. The summed E-state index contributed by atoms with van der Waals surface area (Å²) < 4.78 is 24.9. The van der Waals surface area contributed by atoms with Crippen molar-refractivity contribution in [3.05, 3.63) is 82.9 Å². The van der Waals surface area contributed by atoms with Gasteiger partial charge in [0.2, 0.25) is 0 Å². The van der Waals surface area contributed by atoms with E-state index in [4.69, 9.17) is 18.9 Å². The van der Waals surface area contributed by atoms with E-state index >= 15 is 0 Å². The van der Waals surface area contributed by atoms with Gasteiger partial charge >= 0.3 is 0 Å². The fraction of sp³-hybridized carbons (Fsp3) is 0.400. The summed E-state index contributed by atoms with van der Waals surface area (Å²) in [6.45, 7) is 8.26. The van der Waals surface area contributed by atoms with Crippen LogP contribution in [-0.4, -0.2) is 18.8 Å². The van der Waals surface area contributed by atoms with Gasteiger partial charge in [-0.1, -0.05) is 49.4 Å². The van der Waals surface area contributed by atoms with Gasteiger partial charge in [-0.3, -0.25) is 0 Å². The van der Waals surface area contributed by atoms with Gasteiger partial charge in [0.25, 0.3) is 0 Å². The molecule has 0 saturated heterocycles. The molecule has 0 fully saturated rings. The minimum absolute atomic E-state index is 0.120. The van der Waals surface area contributed by atoms with Crippen LogP contribution in [0.25, 0.3) is 0 Å². The van der Waals surface area contributed by atoms with E-state index in [1.807, 2.05) is 24.3 Å². The number of hydrogen-bond donors (Lipinski definition) is 0. The summed E-state index contributed by atoms with van der Waals surface area (Å²) in [6.07, 6.45) is 3.88. The van der Waals surface area contributed by atoms with Crippen molar-refractivity contribution in [3.8, 4) is 23.0 Å². The van der Waals surface area contributed by atoms with Gasteiger partial charge in [-0.05, 0) is 62.8 Å². The summed E-state index contributed by atoms with van der Waals surface area (Å²) in [6, 6.07) is 20.8. The van der Waals surface area contributed by atoms with E-state index in [-0.39, 0.29) is 11.5 Å². The molecule has 0 saturated carbocycles. The SMILES string of the molecule is CCCOc1ccc([C@H]2COc3c(ccc4c3CCC(C)(C)O4)C2)c(OCc2ccccc2)c1. The Hall–Kier alpha value is -3.14. The molecule has 4 heteroatoms. The molecule has 0 aromatic heterocycles. The number of rotatable bonds is 7. The molecule has 34 heavy (non-hydrogen) atoms. The minimum atomic E-state index is -0.120. The normalized spacial score (nSPS) is 18.1. The Morgan fingerprint density at radius 2 is 1.85 bits per heavy atom. The molecule has 2 aliphatic rings. The second kappa shape index (κ2) is 9.61. The molecule has 3 aromatic rings. The van der Waals surface area contributed by atoms with Crippen LogP contribution < -0.4 is 18.9 Å². The van der Waals surface area contributed by atoms with Crippen molar-refractivity contribution in [3.63, 3.8) is 0 Å². The molecule has 5 rings (SSSR count). The maximum absolute atomic E-state index is 6.40. The molecule has 0 spiro atoms. The van der Waals surface area contributed by atoms with Crippen molar-refractivity contribution in [2.45, 2.75) is 64.6 Å². The Morgan fingerprint density at radius 1 is 1.00 bits per heavy atom. The summed E-state index contributed by atoms with van der Waals surface area (Å²) in [5, 5.41) is 0. The summed E-state index contributed by atoms with van der Waals surface area (Å²) >= 11 is 0. The number of ether oxygens (including phenoxy) is 4. The van der Waals surface area contributed by atoms with Gasteiger partial charge in [-0.2, -0.15) is 0 Å². The van der Waals surface area contributed by atoms with Crippen molar-refractivity contribution in [1.29, 1.82) is 0 Å². The first-order valence-electron chi connectivity index (χ1n) is 12.4. The lowest BCUT2D eigenvalue weighted by molar-refractivity contribution is 0.0826. The lowest BCUT2D eigenvalue weighted by Crippen LogP contribution is -2.33. The molecule has 0 N–H and O–H groups in total. The van der Waals surface area contributed by atoms with Gasteiger partial charge in [-0.15, -0.1) is 0 Å². The van der Waals surface area contributed by atoms with Crippen molar-refractivity contribution in [1.82, 2.24) is 0 Å². The van der Waals surface area contributed by atoms with Crippen LogP contribution in [-0.2, 0) is 19.4 Å². The first kappa shape index (κ1) is 22.6. The average Bonchev–Trinajstić information content (AvgIpc) is 2.85. The number of hydrogen-bond acceptors (Lipinski definition) is 4. The molecular formula is C30H34O4. The Morgan fingerprint density at radius 3 is 2.68 bits per heavy atom. The maximum Gasteiger partial charge on any atom is 0.129 e. The van der Waals surface area contributed by atoms with Crippen LogP contribution in [0, 0.1) is 0 Å². The van der Waals surface area contributed by atoms with E-state index in [2.05, 4.69) is 57.2 Å². The van der Waals surface area contributed by atoms with Crippen LogP contribution in [0.3, 0.4) is 0 Å². The summed E-state index contributed by atoms with van der Waals surface area (Å²) in [5.41, 5.74) is 4.66. The lowest BCUT2D eigenvalue weighted by atomic mass is 9.86. The molecule has 0 amide bonds. The van der Waals surface area contributed by atoms with E-state index in [1.165, 1.54) is 16.7 Å². The van der Waals surface area contributed by atoms with Crippen molar-refractivity contribution in [2.24, 2.45) is 0 Å². The Labute approximate surface area is 202 Å². The molecule has 4 nitrogen and oxygen atoms in total. The first-order chi connectivity index (χ1) is 16.5. The summed E-state index contributed by atoms with van der Waals surface area (Å²) in [5.74, 6) is 3.94. The quantitative estimate of drug-likeness (QED) is 0.387. The van der Waals surface area contributed by atoms with Gasteiger partial charge < -0.3 is 18.9 Å². The van der Waals surface area contributed by atoms with Crippen molar-refractivity contribution < 1.29 is 18.9 Å². The second-order valence-electron chi connectivity index (χ2n) is 9.93. The monoisotopic (exact) mass is 458 g/mol. The zero-order valence-electron chi connectivity index (χ0n) is 20.4. The summed E-state index contributed by atoms with van der Waals surface area (Å²) in [7, 11) is 0. The molecule has 178 valence electrons. The van der Waals surface area contributed by atoms with Gasteiger partial charge in [0.05, 0.1) is 13.2 Å². The van der Waals surface area contributed by atoms with Crippen LogP contribution in [0.2, 0.25) is 0 Å². The fourth-order valence-electron chi connectivity index (χ4n) is 4.84. The molecule has 2 heterocycles. The Balaban J connectivity index is 1.40. The summed E-state index contributed by atoms with van der Waals surface area (Å²) in [4.78, 5) is 0. The molecular weight excluding hydrogens is 424 g/mol.